The Morgan fingerprint density at radius 2 is 1.84 bits per heavy atom. The number of hydrogen-bond acceptors (Lipinski definition) is 7. The van der Waals surface area contributed by atoms with Crippen molar-refractivity contribution in [3.63, 3.8) is 0 Å². The fraction of sp³-hybridized carbons (Fsp3) is 0.217. The Bertz CT molecular complexity index is 1300. The molecule has 0 saturated carbocycles. The fourth-order valence-electron chi connectivity index (χ4n) is 3.18. The highest BCUT2D eigenvalue weighted by atomic mass is 32.1. The summed E-state index contributed by atoms with van der Waals surface area (Å²) in [4.78, 5) is 39.1. The van der Waals surface area contributed by atoms with Crippen LogP contribution in [0, 0.1) is 6.92 Å². The van der Waals surface area contributed by atoms with E-state index in [1.807, 2.05) is 41.9 Å². The van der Waals surface area contributed by atoms with E-state index in [0.717, 1.165) is 26.5 Å². The van der Waals surface area contributed by atoms with E-state index in [2.05, 4.69) is 10.4 Å². The lowest BCUT2D eigenvalue weighted by atomic mass is 10.2. The molecule has 9 heteroatoms. The lowest BCUT2D eigenvalue weighted by Crippen LogP contribution is -2.23. The number of ether oxygens (including phenoxy) is 1. The number of amides is 1. The molecule has 0 bridgehead atoms. The summed E-state index contributed by atoms with van der Waals surface area (Å²) in [6.07, 6.45) is -0.924. The Kier molecular flexibility index (Phi) is 6.20. The predicted molar refractivity (Wildman–Crippen MR) is 125 cm³/mol. The summed E-state index contributed by atoms with van der Waals surface area (Å²) in [7, 11) is 0. The molecule has 3 heterocycles. The highest BCUT2D eigenvalue weighted by Gasteiger charge is 2.24. The van der Waals surface area contributed by atoms with Crippen molar-refractivity contribution in [1.29, 1.82) is 0 Å². The number of aryl methyl sites for hydroxylation is 1. The quantitative estimate of drug-likeness (QED) is 0.319. The van der Waals surface area contributed by atoms with Crippen LogP contribution in [0.15, 0.2) is 48.5 Å². The van der Waals surface area contributed by atoms with Gasteiger partial charge in [-0.3, -0.25) is 9.59 Å². The summed E-state index contributed by atoms with van der Waals surface area (Å²) < 4.78 is 7.28. The molecule has 1 unspecified atom stereocenters. The zero-order valence-electron chi connectivity index (χ0n) is 17.7. The van der Waals surface area contributed by atoms with Crippen molar-refractivity contribution in [3.05, 3.63) is 68.9 Å². The molecule has 1 N–H and O–H groups in total. The zero-order valence-corrected chi connectivity index (χ0v) is 19.4. The lowest BCUT2D eigenvalue weighted by Gasteiger charge is -2.10. The number of carbonyl (C=O) groups excluding carboxylic acids is 3. The average Bonchev–Trinajstić information content (AvgIpc) is 3.49. The summed E-state index contributed by atoms with van der Waals surface area (Å²) in [5.74, 6) is -0.950. The first-order chi connectivity index (χ1) is 15.3. The van der Waals surface area contributed by atoms with Crippen LogP contribution in [-0.2, 0) is 16.1 Å². The molecule has 1 amide bonds. The third-order valence-electron chi connectivity index (χ3n) is 4.82. The van der Waals surface area contributed by atoms with Gasteiger partial charge in [0, 0.05) is 17.2 Å². The minimum Gasteiger partial charge on any atom is -0.450 e. The Balaban J connectivity index is 1.49. The van der Waals surface area contributed by atoms with Gasteiger partial charge in [-0.15, -0.1) is 22.7 Å². The Labute approximate surface area is 192 Å². The molecule has 1 aromatic carbocycles. The molecule has 0 aliphatic rings. The number of carbonyl (C=O) groups is 3. The Hall–Kier alpha value is -3.30. The van der Waals surface area contributed by atoms with Crippen LogP contribution < -0.4 is 5.32 Å². The average molecular weight is 468 g/mol. The number of hydrogen-bond donors (Lipinski definition) is 1. The maximum atomic E-state index is 12.8. The van der Waals surface area contributed by atoms with E-state index in [1.54, 1.807) is 25.1 Å². The number of para-hydroxylation sites is 1. The normalized spacial score (nSPS) is 12.0. The topological polar surface area (TPSA) is 90.3 Å². The molecule has 0 aliphatic carbocycles. The van der Waals surface area contributed by atoms with Gasteiger partial charge in [-0.25, -0.2) is 9.48 Å². The Morgan fingerprint density at radius 3 is 2.56 bits per heavy atom. The third-order valence-corrected chi connectivity index (χ3v) is 7.01. The lowest BCUT2D eigenvalue weighted by molar-refractivity contribution is -0.119. The first-order valence-electron chi connectivity index (χ1n) is 9.96. The standard InChI is InChI=1S/C23H21N3O4S2/c1-13-18-11-20(32-22(18)26(25-13)16-7-5-4-6-8-16)23(29)30-14(2)21(28)19-10-9-17(31-19)12-24-15(3)27/h4-11,14H,12H2,1-3H3,(H,24,27). The molecule has 7 nitrogen and oxygen atoms in total. The molecule has 0 fully saturated rings. The van der Waals surface area contributed by atoms with E-state index in [9.17, 15) is 14.4 Å². The SMILES string of the molecule is CC(=O)NCc1ccc(C(=O)C(C)OC(=O)c2cc3c(C)nn(-c4ccccc4)c3s2)s1. The van der Waals surface area contributed by atoms with Crippen LogP contribution in [0.2, 0.25) is 0 Å². The summed E-state index contributed by atoms with van der Waals surface area (Å²) in [5, 5.41) is 8.15. The van der Waals surface area contributed by atoms with Crippen molar-refractivity contribution in [1.82, 2.24) is 15.1 Å². The van der Waals surface area contributed by atoms with Gasteiger partial charge >= 0.3 is 5.97 Å². The number of nitrogens with one attached hydrogen (secondary N) is 1. The van der Waals surface area contributed by atoms with Crippen LogP contribution in [0.1, 0.15) is 43.8 Å². The van der Waals surface area contributed by atoms with Gasteiger partial charge in [-0.05, 0) is 44.2 Å². The smallest absolute Gasteiger partial charge is 0.349 e. The maximum absolute atomic E-state index is 12.8. The zero-order chi connectivity index (χ0) is 22.8. The molecule has 4 aromatic rings. The first-order valence-corrected chi connectivity index (χ1v) is 11.6. The monoisotopic (exact) mass is 467 g/mol. The second kappa shape index (κ2) is 9.05. The summed E-state index contributed by atoms with van der Waals surface area (Å²) in [6.45, 7) is 5.26. The number of ketones is 1. The van der Waals surface area contributed by atoms with E-state index in [-0.39, 0.29) is 11.7 Å². The van der Waals surface area contributed by atoms with Crippen molar-refractivity contribution in [2.24, 2.45) is 0 Å². The summed E-state index contributed by atoms with van der Waals surface area (Å²) in [6, 6.07) is 14.9. The number of Topliss-reactive ketones (excluding diaryl/α,β-unsaturated/α-hetero) is 1. The van der Waals surface area contributed by atoms with Gasteiger partial charge in [0.25, 0.3) is 0 Å². The number of benzene rings is 1. The second-order valence-corrected chi connectivity index (χ2v) is 9.45. The van der Waals surface area contributed by atoms with Gasteiger partial charge in [-0.2, -0.15) is 5.10 Å². The highest BCUT2D eigenvalue weighted by molar-refractivity contribution is 7.20. The van der Waals surface area contributed by atoms with Crippen LogP contribution in [-0.4, -0.2) is 33.5 Å². The van der Waals surface area contributed by atoms with E-state index in [0.29, 0.717) is 16.3 Å². The van der Waals surface area contributed by atoms with E-state index in [1.165, 1.54) is 29.6 Å². The van der Waals surface area contributed by atoms with Crippen molar-refractivity contribution in [3.8, 4) is 5.69 Å². The number of fused-ring (bicyclic) bond motifs is 1. The molecular weight excluding hydrogens is 446 g/mol. The molecule has 4 rings (SSSR count). The van der Waals surface area contributed by atoms with E-state index < -0.39 is 12.1 Å². The number of aromatic nitrogens is 2. The van der Waals surface area contributed by atoms with Crippen LogP contribution in [0.3, 0.4) is 0 Å². The minimum absolute atomic E-state index is 0.137. The maximum Gasteiger partial charge on any atom is 0.349 e. The first kappa shape index (κ1) is 21.9. The van der Waals surface area contributed by atoms with Crippen LogP contribution in [0.4, 0.5) is 0 Å². The largest absolute Gasteiger partial charge is 0.450 e. The minimum atomic E-state index is -0.924. The van der Waals surface area contributed by atoms with Crippen LogP contribution >= 0.6 is 22.7 Å². The Morgan fingerprint density at radius 1 is 1.09 bits per heavy atom. The number of thiophene rings is 2. The summed E-state index contributed by atoms with van der Waals surface area (Å²) in [5.41, 5.74) is 1.72. The molecule has 0 spiro atoms. The second-order valence-electron chi connectivity index (χ2n) is 7.25. The van der Waals surface area contributed by atoms with Crippen molar-refractivity contribution in [2.75, 3.05) is 0 Å². The van der Waals surface area contributed by atoms with Gasteiger partial charge in [-0.1, -0.05) is 18.2 Å². The van der Waals surface area contributed by atoms with Gasteiger partial charge < -0.3 is 10.1 Å². The number of esters is 1. The van der Waals surface area contributed by atoms with E-state index in [4.69, 9.17) is 4.74 Å². The fourth-order valence-corrected chi connectivity index (χ4v) is 5.21. The molecular formula is C23H21N3O4S2. The van der Waals surface area contributed by atoms with Crippen molar-refractivity contribution >= 4 is 50.5 Å². The summed E-state index contributed by atoms with van der Waals surface area (Å²) >= 11 is 2.56. The van der Waals surface area contributed by atoms with Crippen molar-refractivity contribution in [2.45, 2.75) is 33.4 Å². The molecule has 0 radical (unpaired) electrons. The van der Waals surface area contributed by atoms with Gasteiger partial charge in [0.15, 0.2) is 6.10 Å². The number of nitrogens with zero attached hydrogens (tertiary/aromatic N) is 2. The third kappa shape index (κ3) is 4.49. The molecule has 1 atom stereocenters. The predicted octanol–water partition coefficient (Wildman–Crippen LogP) is 4.52. The molecule has 32 heavy (non-hydrogen) atoms. The molecule has 0 saturated heterocycles. The highest BCUT2D eigenvalue weighted by Crippen LogP contribution is 2.31. The molecule has 3 aromatic heterocycles. The van der Waals surface area contributed by atoms with Gasteiger partial charge in [0.05, 0.1) is 22.8 Å². The van der Waals surface area contributed by atoms with Gasteiger partial charge in [0.1, 0.15) is 9.71 Å². The van der Waals surface area contributed by atoms with Crippen LogP contribution in [0.25, 0.3) is 15.9 Å². The molecule has 164 valence electrons. The van der Waals surface area contributed by atoms with Crippen molar-refractivity contribution < 1.29 is 19.1 Å². The molecule has 0 aliphatic heterocycles. The van der Waals surface area contributed by atoms with Gasteiger partial charge in [0.2, 0.25) is 11.7 Å². The number of rotatable bonds is 7. The van der Waals surface area contributed by atoms with Crippen LogP contribution in [0.5, 0.6) is 0 Å². The van der Waals surface area contributed by atoms with E-state index >= 15 is 0 Å².